The van der Waals surface area contributed by atoms with Gasteiger partial charge in [0.05, 0.1) is 11.1 Å². The molecule has 0 atom stereocenters. The number of non-ortho nitro benzene ring substituents is 1. The highest BCUT2D eigenvalue weighted by molar-refractivity contribution is 5.60. The Bertz CT molecular complexity index is 581. The van der Waals surface area contributed by atoms with Crippen LogP contribution < -0.4 is 5.32 Å². The Labute approximate surface area is 117 Å². The van der Waals surface area contributed by atoms with Crippen molar-refractivity contribution in [3.05, 3.63) is 46.5 Å². The SMILES string of the molecule is CCNCCCc1ncc(-c2cccc([N+](=O)[O-])c2)o1. The van der Waals surface area contributed by atoms with Gasteiger partial charge in [0.1, 0.15) is 0 Å². The van der Waals surface area contributed by atoms with E-state index in [-0.39, 0.29) is 5.69 Å². The van der Waals surface area contributed by atoms with Gasteiger partial charge in [-0.25, -0.2) is 4.98 Å². The molecule has 6 nitrogen and oxygen atoms in total. The van der Waals surface area contributed by atoms with E-state index < -0.39 is 4.92 Å². The molecule has 2 rings (SSSR count). The molecule has 0 aliphatic carbocycles. The predicted molar refractivity (Wildman–Crippen MR) is 75.5 cm³/mol. The van der Waals surface area contributed by atoms with E-state index in [1.165, 1.54) is 12.1 Å². The average Bonchev–Trinajstić information content (AvgIpc) is 2.92. The topological polar surface area (TPSA) is 81.2 Å². The maximum absolute atomic E-state index is 10.7. The Hall–Kier alpha value is -2.21. The molecular formula is C14H17N3O3. The van der Waals surface area contributed by atoms with E-state index in [0.717, 1.165) is 25.9 Å². The van der Waals surface area contributed by atoms with Crippen molar-refractivity contribution in [3.8, 4) is 11.3 Å². The van der Waals surface area contributed by atoms with Crippen molar-refractivity contribution in [1.29, 1.82) is 0 Å². The van der Waals surface area contributed by atoms with Gasteiger partial charge in [0.15, 0.2) is 11.7 Å². The van der Waals surface area contributed by atoms with Gasteiger partial charge in [-0.2, -0.15) is 0 Å². The molecule has 0 unspecified atom stereocenters. The van der Waals surface area contributed by atoms with Gasteiger partial charge in [-0.3, -0.25) is 10.1 Å². The summed E-state index contributed by atoms with van der Waals surface area (Å²) in [5.74, 6) is 1.22. The molecule has 1 aromatic heterocycles. The summed E-state index contributed by atoms with van der Waals surface area (Å²) in [6.07, 6.45) is 3.31. The van der Waals surface area contributed by atoms with Crippen molar-refractivity contribution >= 4 is 5.69 Å². The fourth-order valence-electron chi connectivity index (χ4n) is 1.87. The van der Waals surface area contributed by atoms with Gasteiger partial charge in [0, 0.05) is 24.1 Å². The lowest BCUT2D eigenvalue weighted by Gasteiger charge is -1.99. The highest BCUT2D eigenvalue weighted by Crippen LogP contribution is 2.24. The van der Waals surface area contributed by atoms with E-state index in [1.807, 2.05) is 0 Å². The Morgan fingerprint density at radius 1 is 1.45 bits per heavy atom. The fourth-order valence-corrected chi connectivity index (χ4v) is 1.87. The minimum Gasteiger partial charge on any atom is -0.441 e. The van der Waals surface area contributed by atoms with Crippen LogP contribution in [0.1, 0.15) is 19.2 Å². The van der Waals surface area contributed by atoms with Crippen LogP contribution in [-0.2, 0) is 6.42 Å². The Balaban J connectivity index is 2.04. The van der Waals surface area contributed by atoms with E-state index in [0.29, 0.717) is 17.2 Å². The zero-order valence-corrected chi connectivity index (χ0v) is 11.3. The van der Waals surface area contributed by atoms with Crippen LogP contribution >= 0.6 is 0 Å². The van der Waals surface area contributed by atoms with Crippen molar-refractivity contribution in [2.45, 2.75) is 19.8 Å². The molecule has 1 heterocycles. The van der Waals surface area contributed by atoms with Crippen LogP contribution in [0.15, 0.2) is 34.9 Å². The molecule has 0 aliphatic rings. The molecule has 0 saturated heterocycles. The molecule has 2 aromatic rings. The zero-order valence-electron chi connectivity index (χ0n) is 11.3. The normalized spacial score (nSPS) is 10.7. The first-order chi connectivity index (χ1) is 9.70. The van der Waals surface area contributed by atoms with E-state index in [2.05, 4.69) is 17.2 Å². The summed E-state index contributed by atoms with van der Waals surface area (Å²) in [5, 5.41) is 14.0. The van der Waals surface area contributed by atoms with Gasteiger partial charge < -0.3 is 9.73 Å². The first-order valence-corrected chi connectivity index (χ1v) is 6.61. The maximum atomic E-state index is 10.7. The Morgan fingerprint density at radius 3 is 3.05 bits per heavy atom. The molecule has 1 aromatic carbocycles. The number of benzene rings is 1. The van der Waals surface area contributed by atoms with E-state index in [4.69, 9.17) is 4.42 Å². The number of nitrogens with zero attached hydrogens (tertiary/aromatic N) is 2. The lowest BCUT2D eigenvalue weighted by Crippen LogP contribution is -2.14. The second-order valence-corrected chi connectivity index (χ2v) is 4.38. The highest BCUT2D eigenvalue weighted by Gasteiger charge is 2.10. The number of aromatic nitrogens is 1. The van der Waals surface area contributed by atoms with Crippen molar-refractivity contribution in [1.82, 2.24) is 10.3 Å². The van der Waals surface area contributed by atoms with Crippen molar-refractivity contribution < 1.29 is 9.34 Å². The monoisotopic (exact) mass is 275 g/mol. The summed E-state index contributed by atoms with van der Waals surface area (Å²) in [5.41, 5.74) is 0.720. The molecule has 6 heteroatoms. The van der Waals surface area contributed by atoms with Crippen LogP contribution in [-0.4, -0.2) is 23.0 Å². The summed E-state index contributed by atoms with van der Waals surface area (Å²) in [7, 11) is 0. The van der Waals surface area contributed by atoms with Crippen LogP contribution in [0.25, 0.3) is 11.3 Å². The highest BCUT2D eigenvalue weighted by atomic mass is 16.6. The van der Waals surface area contributed by atoms with Gasteiger partial charge in [-0.1, -0.05) is 19.1 Å². The molecule has 0 amide bonds. The average molecular weight is 275 g/mol. The van der Waals surface area contributed by atoms with E-state index in [1.54, 1.807) is 18.3 Å². The lowest BCUT2D eigenvalue weighted by molar-refractivity contribution is -0.384. The maximum Gasteiger partial charge on any atom is 0.270 e. The summed E-state index contributed by atoms with van der Waals surface area (Å²) in [4.78, 5) is 14.5. The third-order valence-corrected chi connectivity index (χ3v) is 2.89. The number of nitro benzene ring substituents is 1. The minimum absolute atomic E-state index is 0.0487. The number of nitrogens with one attached hydrogen (secondary N) is 1. The molecule has 106 valence electrons. The lowest BCUT2D eigenvalue weighted by atomic mass is 10.2. The van der Waals surface area contributed by atoms with E-state index in [9.17, 15) is 10.1 Å². The predicted octanol–water partition coefficient (Wildman–Crippen LogP) is 2.79. The van der Waals surface area contributed by atoms with Gasteiger partial charge in [-0.15, -0.1) is 0 Å². The first-order valence-electron chi connectivity index (χ1n) is 6.61. The number of rotatable bonds is 7. The summed E-state index contributed by atoms with van der Waals surface area (Å²) in [6, 6.07) is 6.36. The largest absolute Gasteiger partial charge is 0.441 e. The molecular weight excluding hydrogens is 258 g/mol. The van der Waals surface area contributed by atoms with Gasteiger partial charge in [0.2, 0.25) is 0 Å². The van der Waals surface area contributed by atoms with Gasteiger partial charge in [0.25, 0.3) is 5.69 Å². The molecule has 0 radical (unpaired) electrons. The number of hydrogen-bond donors (Lipinski definition) is 1. The third kappa shape index (κ3) is 3.64. The minimum atomic E-state index is -0.419. The van der Waals surface area contributed by atoms with Crippen molar-refractivity contribution in [2.24, 2.45) is 0 Å². The molecule has 0 fully saturated rings. The first kappa shape index (κ1) is 14.2. The number of aryl methyl sites for hydroxylation is 1. The zero-order chi connectivity index (χ0) is 14.4. The van der Waals surface area contributed by atoms with Crippen LogP contribution in [0.4, 0.5) is 5.69 Å². The summed E-state index contributed by atoms with van der Waals surface area (Å²) < 4.78 is 5.62. The molecule has 1 N–H and O–H groups in total. The van der Waals surface area contributed by atoms with Crippen LogP contribution in [0.3, 0.4) is 0 Å². The van der Waals surface area contributed by atoms with E-state index >= 15 is 0 Å². The molecule has 0 aliphatic heterocycles. The van der Waals surface area contributed by atoms with Crippen LogP contribution in [0.2, 0.25) is 0 Å². The van der Waals surface area contributed by atoms with Crippen molar-refractivity contribution in [3.63, 3.8) is 0 Å². The molecule has 0 bridgehead atoms. The number of oxazole rings is 1. The smallest absolute Gasteiger partial charge is 0.270 e. The second kappa shape index (κ2) is 6.81. The molecule has 20 heavy (non-hydrogen) atoms. The molecule has 0 spiro atoms. The quantitative estimate of drug-likeness (QED) is 0.477. The standard InChI is InChI=1S/C14H17N3O3/c1-2-15-8-4-7-14-16-10-13(20-14)11-5-3-6-12(9-11)17(18)19/h3,5-6,9-10,15H,2,4,7-8H2,1H3. The molecule has 0 saturated carbocycles. The van der Waals surface area contributed by atoms with Crippen molar-refractivity contribution in [2.75, 3.05) is 13.1 Å². The van der Waals surface area contributed by atoms with Crippen LogP contribution in [0, 0.1) is 10.1 Å². The van der Waals surface area contributed by atoms with Crippen LogP contribution in [0.5, 0.6) is 0 Å². The van der Waals surface area contributed by atoms with Gasteiger partial charge in [-0.05, 0) is 19.5 Å². The fraction of sp³-hybridized carbons (Fsp3) is 0.357. The third-order valence-electron chi connectivity index (χ3n) is 2.89. The number of nitro groups is 1. The second-order valence-electron chi connectivity index (χ2n) is 4.38. The summed E-state index contributed by atoms with van der Waals surface area (Å²) in [6.45, 7) is 3.93. The number of hydrogen-bond acceptors (Lipinski definition) is 5. The Morgan fingerprint density at radius 2 is 2.30 bits per heavy atom. The summed E-state index contributed by atoms with van der Waals surface area (Å²) >= 11 is 0. The Kier molecular flexibility index (Phi) is 4.84. The van der Waals surface area contributed by atoms with Gasteiger partial charge >= 0.3 is 0 Å².